The van der Waals surface area contributed by atoms with E-state index >= 15 is 0 Å². The Labute approximate surface area is 111 Å². The molecule has 3 heteroatoms. The summed E-state index contributed by atoms with van der Waals surface area (Å²) >= 11 is 0. The molecular formula is C15H28N2O. The van der Waals surface area contributed by atoms with Gasteiger partial charge in [0, 0.05) is 19.6 Å². The molecule has 104 valence electrons. The first kappa shape index (κ1) is 13.9. The summed E-state index contributed by atoms with van der Waals surface area (Å²) in [4.78, 5) is 14.9. The first-order valence-electron chi connectivity index (χ1n) is 7.67. The van der Waals surface area contributed by atoms with E-state index in [9.17, 15) is 4.79 Å². The molecule has 1 aliphatic carbocycles. The van der Waals surface area contributed by atoms with Crippen molar-refractivity contribution >= 4 is 5.91 Å². The number of nitrogens with one attached hydrogen (secondary N) is 1. The fourth-order valence-electron chi connectivity index (χ4n) is 3.61. The van der Waals surface area contributed by atoms with Gasteiger partial charge in [0.1, 0.15) is 0 Å². The summed E-state index contributed by atoms with van der Waals surface area (Å²) in [6.07, 6.45) is 9.50. The highest BCUT2D eigenvalue weighted by Gasteiger charge is 2.41. The number of rotatable bonds is 3. The maximum atomic E-state index is 12.8. The molecular weight excluding hydrogens is 224 g/mol. The molecule has 1 atom stereocenters. The van der Waals surface area contributed by atoms with Gasteiger partial charge >= 0.3 is 0 Å². The third-order valence-corrected chi connectivity index (χ3v) is 5.05. The summed E-state index contributed by atoms with van der Waals surface area (Å²) in [6.45, 7) is 4.11. The molecule has 0 bridgehead atoms. The van der Waals surface area contributed by atoms with Crippen molar-refractivity contribution in [2.45, 2.75) is 64.3 Å². The molecule has 0 aromatic heterocycles. The molecule has 3 nitrogen and oxygen atoms in total. The standard InChI is InChI=1S/C15H28N2O/c1-3-15(10-7-11-16-12-15)14(18)17(2)13-8-5-4-6-9-13/h13,16H,3-12H2,1-2H3. The number of piperidine rings is 1. The van der Waals surface area contributed by atoms with Gasteiger partial charge in [-0.1, -0.05) is 26.2 Å². The highest BCUT2D eigenvalue weighted by molar-refractivity contribution is 5.83. The third-order valence-electron chi connectivity index (χ3n) is 5.05. The smallest absolute Gasteiger partial charge is 0.230 e. The largest absolute Gasteiger partial charge is 0.342 e. The van der Waals surface area contributed by atoms with Crippen LogP contribution in [0.15, 0.2) is 0 Å². The van der Waals surface area contributed by atoms with Crippen LogP contribution in [0.25, 0.3) is 0 Å². The minimum Gasteiger partial charge on any atom is -0.342 e. The van der Waals surface area contributed by atoms with Crippen molar-refractivity contribution in [2.75, 3.05) is 20.1 Å². The minimum atomic E-state index is -0.121. The maximum Gasteiger partial charge on any atom is 0.230 e. The molecule has 0 spiro atoms. The number of amides is 1. The zero-order valence-electron chi connectivity index (χ0n) is 12.0. The highest BCUT2D eigenvalue weighted by atomic mass is 16.2. The lowest BCUT2D eigenvalue weighted by Gasteiger charge is -2.41. The Hall–Kier alpha value is -0.570. The van der Waals surface area contributed by atoms with E-state index in [1.165, 1.54) is 32.1 Å². The van der Waals surface area contributed by atoms with E-state index in [0.29, 0.717) is 11.9 Å². The highest BCUT2D eigenvalue weighted by Crippen LogP contribution is 2.34. The van der Waals surface area contributed by atoms with Gasteiger partial charge in [0.15, 0.2) is 0 Å². The van der Waals surface area contributed by atoms with Gasteiger partial charge in [0.2, 0.25) is 5.91 Å². The van der Waals surface area contributed by atoms with Crippen molar-refractivity contribution in [2.24, 2.45) is 5.41 Å². The zero-order valence-corrected chi connectivity index (χ0v) is 12.0. The van der Waals surface area contributed by atoms with Gasteiger partial charge in [0.25, 0.3) is 0 Å². The Morgan fingerprint density at radius 3 is 2.56 bits per heavy atom. The van der Waals surface area contributed by atoms with Gasteiger partial charge < -0.3 is 10.2 Å². The van der Waals surface area contributed by atoms with E-state index in [1.54, 1.807) is 0 Å². The average molecular weight is 252 g/mol. The van der Waals surface area contributed by atoms with Crippen molar-refractivity contribution in [3.05, 3.63) is 0 Å². The van der Waals surface area contributed by atoms with Crippen LogP contribution < -0.4 is 5.32 Å². The minimum absolute atomic E-state index is 0.121. The monoisotopic (exact) mass is 252 g/mol. The van der Waals surface area contributed by atoms with Crippen LogP contribution in [0.4, 0.5) is 0 Å². The van der Waals surface area contributed by atoms with Crippen molar-refractivity contribution in [3.8, 4) is 0 Å². The topological polar surface area (TPSA) is 32.3 Å². The molecule has 2 rings (SSSR count). The fourth-order valence-corrected chi connectivity index (χ4v) is 3.61. The summed E-state index contributed by atoms with van der Waals surface area (Å²) in [6, 6.07) is 0.497. The van der Waals surface area contributed by atoms with Crippen LogP contribution in [0.2, 0.25) is 0 Å². The van der Waals surface area contributed by atoms with Gasteiger partial charge in [-0.3, -0.25) is 4.79 Å². The van der Waals surface area contributed by atoms with Gasteiger partial charge in [-0.05, 0) is 38.6 Å². The van der Waals surface area contributed by atoms with Crippen molar-refractivity contribution in [3.63, 3.8) is 0 Å². The first-order valence-corrected chi connectivity index (χ1v) is 7.67. The van der Waals surface area contributed by atoms with E-state index in [-0.39, 0.29) is 5.41 Å². The van der Waals surface area contributed by atoms with Crippen LogP contribution in [-0.4, -0.2) is 37.0 Å². The molecule has 2 aliphatic rings. The van der Waals surface area contributed by atoms with Crippen LogP contribution in [0.5, 0.6) is 0 Å². The van der Waals surface area contributed by atoms with Crippen LogP contribution in [-0.2, 0) is 4.79 Å². The average Bonchev–Trinajstić information content (AvgIpc) is 2.47. The number of hydrogen-bond donors (Lipinski definition) is 1. The fraction of sp³-hybridized carbons (Fsp3) is 0.933. The van der Waals surface area contributed by atoms with Crippen molar-refractivity contribution in [1.82, 2.24) is 10.2 Å². The summed E-state index contributed by atoms with van der Waals surface area (Å²) in [5.74, 6) is 0.393. The molecule has 0 radical (unpaired) electrons. The Bertz CT molecular complexity index is 278. The van der Waals surface area contributed by atoms with Crippen LogP contribution in [0, 0.1) is 5.41 Å². The summed E-state index contributed by atoms with van der Waals surface area (Å²) in [7, 11) is 2.03. The van der Waals surface area contributed by atoms with Gasteiger partial charge in [-0.15, -0.1) is 0 Å². The van der Waals surface area contributed by atoms with E-state index in [1.807, 2.05) is 7.05 Å². The van der Waals surface area contributed by atoms with Gasteiger partial charge in [-0.2, -0.15) is 0 Å². The second kappa shape index (κ2) is 6.05. The van der Waals surface area contributed by atoms with Gasteiger partial charge in [-0.25, -0.2) is 0 Å². The van der Waals surface area contributed by atoms with E-state index < -0.39 is 0 Å². The van der Waals surface area contributed by atoms with Crippen molar-refractivity contribution in [1.29, 1.82) is 0 Å². The van der Waals surface area contributed by atoms with E-state index in [4.69, 9.17) is 0 Å². The molecule has 0 aromatic rings. The number of carbonyl (C=O) groups is 1. The number of carbonyl (C=O) groups excluding carboxylic acids is 1. The third kappa shape index (κ3) is 2.71. The molecule has 1 N–H and O–H groups in total. The molecule has 2 fully saturated rings. The second-order valence-electron chi connectivity index (χ2n) is 6.12. The predicted octanol–water partition coefficient (Wildman–Crippen LogP) is 2.56. The summed E-state index contributed by atoms with van der Waals surface area (Å²) in [5.41, 5.74) is -0.121. The Kier molecular flexibility index (Phi) is 4.66. The predicted molar refractivity (Wildman–Crippen MR) is 74.5 cm³/mol. The number of hydrogen-bond acceptors (Lipinski definition) is 2. The zero-order chi connectivity index (χ0) is 13.0. The lowest BCUT2D eigenvalue weighted by Crippen LogP contribution is -2.53. The maximum absolute atomic E-state index is 12.8. The quantitative estimate of drug-likeness (QED) is 0.837. The molecule has 1 heterocycles. The molecule has 1 amide bonds. The molecule has 1 aliphatic heterocycles. The molecule has 1 saturated carbocycles. The van der Waals surface area contributed by atoms with E-state index in [0.717, 1.165) is 32.4 Å². The Morgan fingerprint density at radius 2 is 2.00 bits per heavy atom. The summed E-state index contributed by atoms with van der Waals surface area (Å²) < 4.78 is 0. The van der Waals surface area contributed by atoms with Gasteiger partial charge in [0.05, 0.1) is 5.41 Å². The van der Waals surface area contributed by atoms with E-state index in [2.05, 4.69) is 17.1 Å². The molecule has 18 heavy (non-hydrogen) atoms. The van der Waals surface area contributed by atoms with Crippen LogP contribution in [0.3, 0.4) is 0 Å². The lowest BCUT2D eigenvalue weighted by atomic mass is 9.76. The second-order valence-corrected chi connectivity index (χ2v) is 6.12. The normalized spacial score (nSPS) is 30.1. The molecule has 0 aromatic carbocycles. The van der Waals surface area contributed by atoms with Crippen molar-refractivity contribution < 1.29 is 4.79 Å². The summed E-state index contributed by atoms with van der Waals surface area (Å²) in [5, 5.41) is 3.42. The molecule has 1 saturated heterocycles. The Morgan fingerprint density at radius 1 is 1.28 bits per heavy atom. The van der Waals surface area contributed by atoms with Crippen LogP contribution in [0.1, 0.15) is 58.3 Å². The van der Waals surface area contributed by atoms with Crippen LogP contribution >= 0.6 is 0 Å². The Balaban J connectivity index is 2.03. The first-order chi connectivity index (χ1) is 8.69. The number of nitrogens with zero attached hydrogens (tertiary/aromatic N) is 1. The lowest BCUT2D eigenvalue weighted by molar-refractivity contribution is -0.145. The SMILES string of the molecule is CCC1(C(=O)N(C)C2CCCCC2)CCCNC1. The molecule has 1 unspecified atom stereocenters.